The first-order valence-electron chi connectivity index (χ1n) is 6.59. The van der Waals surface area contributed by atoms with Crippen LogP contribution in [-0.2, 0) is 0 Å². The molecular formula is C13H28N2. The van der Waals surface area contributed by atoms with Gasteiger partial charge in [-0.3, -0.25) is 0 Å². The summed E-state index contributed by atoms with van der Waals surface area (Å²) in [5.41, 5.74) is 5.80. The van der Waals surface area contributed by atoms with Gasteiger partial charge in [-0.2, -0.15) is 0 Å². The van der Waals surface area contributed by atoms with E-state index in [1.807, 2.05) is 0 Å². The topological polar surface area (TPSA) is 29.3 Å². The molecule has 1 rings (SSSR count). The lowest BCUT2D eigenvalue weighted by Gasteiger charge is -2.35. The van der Waals surface area contributed by atoms with Gasteiger partial charge in [0.2, 0.25) is 0 Å². The first-order chi connectivity index (χ1) is 7.13. The Morgan fingerprint density at radius 2 is 2.13 bits per heavy atom. The monoisotopic (exact) mass is 212 g/mol. The van der Waals surface area contributed by atoms with E-state index < -0.39 is 0 Å². The molecule has 3 unspecified atom stereocenters. The molecule has 0 bridgehead atoms. The third-order valence-corrected chi connectivity index (χ3v) is 3.89. The van der Waals surface area contributed by atoms with Gasteiger partial charge < -0.3 is 10.6 Å². The molecular weight excluding hydrogens is 184 g/mol. The van der Waals surface area contributed by atoms with E-state index in [1.165, 1.54) is 38.6 Å². The molecule has 2 N–H and O–H groups in total. The Labute approximate surface area is 95.2 Å². The average molecular weight is 212 g/mol. The van der Waals surface area contributed by atoms with E-state index in [1.54, 1.807) is 0 Å². The van der Waals surface area contributed by atoms with Crippen LogP contribution in [-0.4, -0.2) is 30.6 Å². The van der Waals surface area contributed by atoms with Crippen LogP contribution in [0.1, 0.15) is 52.4 Å². The van der Waals surface area contributed by atoms with E-state index in [4.69, 9.17) is 5.73 Å². The molecule has 0 aliphatic heterocycles. The summed E-state index contributed by atoms with van der Waals surface area (Å²) >= 11 is 0. The molecule has 1 saturated carbocycles. The Balaban J connectivity index is 2.28. The standard InChI is InChI=1S/C13H28N2/c1-4-12-6-5-7-13(10-12)15(3)9-8-11(2)14/h11-13H,4-10,14H2,1-3H3. The predicted molar refractivity (Wildman–Crippen MR) is 66.9 cm³/mol. The molecule has 0 aromatic rings. The highest BCUT2D eigenvalue weighted by atomic mass is 15.1. The first kappa shape index (κ1) is 13.0. The summed E-state index contributed by atoms with van der Waals surface area (Å²) in [6.07, 6.45) is 8.17. The lowest BCUT2D eigenvalue weighted by atomic mass is 9.83. The minimum atomic E-state index is 0.345. The van der Waals surface area contributed by atoms with Gasteiger partial charge in [-0.05, 0) is 45.7 Å². The van der Waals surface area contributed by atoms with Gasteiger partial charge in [-0.1, -0.05) is 26.2 Å². The molecule has 90 valence electrons. The Bertz CT molecular complexity index is 168. The first-order valence-corrected chi connectivity index (χ1v) is 6.59. The van der Waals surface area contributed by atoms with Crippen LogP contribution in [0.25, 0.3) is 0 Å². The maximum absolute atomic E-state index is 5.80. The number of nitrogens with zero attached hydrogens (tertiary/aromatic N) is 1. The minimum absolute atomic E-state index is 0.345. The third-order valence-electron chi connectivity index (χ3n) is 3.89. The third kappa shape index (κ3) is 4.52. The summed E-state index contributed by atoms with van der Waals surface area (Å²) in [5, 5.41) is 0. The second-order valence-electron chi connectivity index (χ2n) is 5.34. The largest absolute Gasteiger partial charge is 0.328 e. The summed E-state index contributed by atoms with van der Waals surface area (Å²) in [6.45, 7) is 5.59. The van der Waals surface area contributed by atoms with Gasteiger partial charge >= 0.3 is 0 Å². The fourth-order valence-electron chi connectivity index (χ4n) is 2.62. The Morgan fingerprint density at radius 1 is 1.40 bits per heavy atom. The fraction of sp³-hybridized carbons (Fsp3) is 1.00. The van der Waals surface area contributed by atoms with E-state index in [0.29, 0.717) is 6.04 Å². The number of hydrogen-bond acceptors (Lipinski definition) is 2. The van der Waals surface area contributed by atoms with Crippen LogP contribution >= 0.6 is 0 Å². The zero-order chi connectivity index (χ0) is 11.3. The molecule has 2 nitrogen and oxygen atoms in total. The van der Waals surface area contributed by atoms with Crippen molar-refractivity contribution in [2.75, 3.05) is 13.6 Å². The average Bonchev–Trinajstić information content (AvgIpc) is 2.26. The SMILES string of the molecule is CCC1CCCC(N(C)CCC(C)N)C1. The van der Waals surface area contributed by atoms with Crippen LogP contribution in [0.15, 0.2) is 0 Å². The molecule has 0 amide bonds. The van der Waals surface area contributed by atoms with Crippen LogP contribution < -0.4 is 5.73 Å². The van der Waals surface area contributed by atoms with Crippen molar-refractivity contribution in [2.45, 2.75) is 64.5 Å². The van der Waals surface area contributed by atoms with Crippen molar-refractivity contribution in [3.05, 3.63) is 0 Å². The normalized spacial score (nSPS) is 29.4. The number of rotatable bonds is 5. The fourth-order valence-corrected chi connectivity index (χ4v) is 2.62. The molecule has 3 atom stereocenters. The van der Waals surface area contributed by atoms with Gasteiger partial charge in [-0.15, -0.1) is 0 Å². The van der Waals surface area contributed by atoms with E-state index >= 15 is 0 Å². The summed E-state index contributed by atoms with van der Waals surface area (Å²) in [7, 11) is 2.27. The van der Waals surface area contributed by atoms with Crippen molar-refractivity contribution in [3.63, 3.8) is 0 Å². The van der Waals surface area contributed by atoms with Gasteiger partial charge in [0.05, 0.1) is 0 Å². The molecule has 1 aliphatic rings. The van der Waals surface area contributed by atoms with E-state index in [9.17, 15) is 0 Å². The Kier molecular flexibility index (Phi) is 5.62. The van der Waals surface area contributed by atoms with Crippen LogP contribution in [0.4, 0.5) is 0 Å². The van der Waals surface area contributed by atoms with E-state index in [-0.39, 0.29) is 0 Å². The number of hydrogen-bond donors (Lipinski definition) is 1. The molecule has 0 saturated heterocycles. The molecule has 0 heterocycles. The van der Waals surface area contributed by atoms with Crippen molar-refractivity contribution in [2.24, 2.45) is 11.7 Å². The molecule has 0 spiro atoms. The van der Waals surface area contributed by atoms with Crippen molar-refractivity contribution in [1.29, 1.82) is 0 Å². The van der Waals surface area contributed by atoms with Crippen molar-refractivity contribution >= 4 is 0 Å². The van der Waals surface area contributed by atoms with Crippen molar-refractivity contribution in [1.82, 2.24) is 4.90 Å². The molecule has 1 fully saturated rings. The van der Waals surface area contributed by atoms with Gasteiger partial charge in [0, 0.05) is 12.1 Å². The lowest BCUT2D eigenvalue weighted by molar-refractivity contribution is 0.153. The minimum Gasteiger partial charge on any atom is -0.328 e. The molecule has 1 aliphatic carbocycles. The molecule has 0 aromatic carbocycles. The zero-order valence-corrected chi connectivity index (χ0v) is 10.7. The van der Waals surface area contributed by atoms with Crippen LogP contribution in [0, 0.1) is 5.92 Å². The van der Waals surface area contributed by atoms with Crippen molar-refractivity contribution in [3.8, 4) is 0 Å². The maximum atomic E-state index is 5.80. The number of nitrogens with two attached hydrogens (primary N) is 1. The highest BCUT2D eigenvalue weighted by Crippen LogP contribution is 2.29. The highest BCUT2D eigenvalue weighted by Gasteiger charge is 2.23. The maximum Gasteiger partial charge on any atom is 0.00948 e. The van der Waals surface area contributed by atoms with E-state index in [2.05, 4.69) is 25.8 Å². The molecule has 2 heteroatoms. The second kappa shape index (κ2) is 6.49. The zero-order valence-electron chi connectivity index (χ0n) is 10.7. The van der Waals surface area contributed by atoms with Gasteiger partial charge in [0.1, 0.15) is 0 Å². The quantitative estimate of drug-likeness (QED) is 0.759. The lowest BCUT2D eigenvalue weighted by Crippen LogP contribution is -2.38. The second-order valence-corrected chi connectivity index (χ2v) is 5.34. The summed E-state index contributed by atoms with van der Waals surface area (Å²) < 4.78 is 0. The molecule has 0 radical (unpaired) electrons. The highest BCUT2D eigenvalue weighted by molar-refractivity contribution is 4.78. The Morgan fingerprint density at radius 3 is 2.73 bits per heavy atom. The summed E-state index contributed by atoms with van der Waals surface area (Å²) in [5.74, 6) is 0.974. The van der Waals surface area contributed by atoms with Gasteiger partial charge in [-0.25, -0.2) is 0 Å². The summed E-state index contributed by atoms with van der Waals surface area (Å²) in [6, 6.07) is 1.17. The van der Waals surface area contributed by atoms with Gasteiger partial charge in [0.15, 0.2) is 0 Å². The Hall–Kier alpha value is -0.0800. The molecule has 0 aromatic heterocycles. The van der Waals surface area contributed by atoms with Crippen LogP contribution in [0.3, 0.4) is 0 Å². The van der Waals surface area contributed by atoms with Crippen LogP contribution in [0.2, 0.25) is 0 Å². The van der Waals surface area contributed by atoms with Gasteiger partial charge in [0.25, 0.3) is 0 Å². The molecule has 15 heavy (non-hydrogen) atoms. The summed E-state index contributed by atoms with van der Waals surface area (Å²) in [4.78, 5) is 2.53. The van der Waals surface area contributed by atoms with E-state index in [0.717, 1.165) is 18.4 Å². The smallest absolute Gasteiger partial charge is 0.00948 e. The van der Waals surface area contributed by atoms with Crippen molar-refractivity contribution < 1.29 is 0 Å². The van der Waals surface area contributed by atoms with Crippen LogP contribution in [0.5, 0.6) is 0 Å². The predicted octanol–water partition coefficient (Wildman–Crippen LogP) is 2.62.